The molecule has 1 aromatic heterocycles. The number of halogens is 1. The molecule has 0 radical (unpaired) electrons. The SMILES string of the molecule is [C-]#[N+]c1cnc2c(c1)CCC(I)C(=O)N2C. The summed E-state index contributed by atoms with van der Waals surface area (Å²) >= 11 is 2.16. The van der Waals surface area contributed by atoms with Gasteiger partial charge in [-0.2, -0.15) is 0 Å². The van der Waals surface area contributed by atoms with Crippen LogP contribution in [0.2, 0.25) is 0 Å². The average molecular weight is 327 g/mol. The van der Waals surface area contributed by atoms with Crippen LogP contribution in [-0.2, 0) is 11.2 Å². The van der Waals surface area contributed by atoms with Crippen molar-refractivity contribution in [3.63, 3.8) is 0 Å². The molecule has 1 aliphatic heterocycles. The molecule has 0 saturated carbocycles. The first kappa shape index (κ1) is 11.3. The lowest BCUT2D eigenvalue weighted by Crippen LogP contribution is -2.32. The number of amides is 1. The molecule has 0 aliphatic carbocycles. The minimum Gasteiger partial charge on any atom is -0.299 e. The summed E-state index contributed by atoms with van der Waals surface area (Å²) in [5, 5.41) is 0. The number of aryl methyl sites for hydroxylation is 1. The number of alkyl halides is 1. The highest BCUT2D eigenvalue weighted by Crippen LogP contribution is 2.29. The van der Waals surface area contributed by atoms with E-state index in [-0.39, 0.29) is 9.83 Å². The monoisotopic (exact) mass is 327 g/mol. The van der Waals surface area contributed by atoms with Gasteiger partial charge in [0.05, 0.1) is 10.5 Å². The number of aromatic nitrogens is 1. The summed E-state index contributed by atoms with van der Waals surface area (Å²) in [5.74, 6) is 0.777. The number of nitrogens with zero attached hydrogens (tertiary/aromatic N) is 3. The van der Waals surface area contributed by atoms with Crippen LogP contribution < -0.4 is 4.90 Å². The van der Waals surface area contributed by atoms with E-state index < -0.39 is 0 Å². The van der Waals surface area contributed by atoms with Crippen LogP contribution in [0.25, 0.3) is 4.85 Å². The van der Waals surface area contributed by atoms with Crippen LogP contribution >= 0.6 is 22.6 Å². The van der Waals surface area contributed by atoms with Crippen molar-refractivity contribution in [3.8, 4) is 0 Å². The smallest absolute Gasteiger partial charge is 0.240 e. The molecule has 4 nitrogen and oxygen atoms in total. The first-order valence-electron chi connectivity index (χ1n) is 4.91. The molecule has 0 saturated heterocycles. The van der Waals surface area contributed by atoms with Gasteiger partial charge in [-0.15, -0.1) is 0 Å². The van der Waals surface area contributed by atoms with Crippen molar-refractivity contribution in [2.24, 2.45) is 0 Å². The van der Waals surface area contributed by atoms with Gasteiger partial charge in [0.2, 0.25) is 11.6 Å². The second-order valence-electron chi connectivity index (χ2n) is 3.69. The molecular formula is C11H10IN3O. The summed E-state index contributed by atoms with van der Waals surface area (Å²) in [7, 11) is 1.74. The van der Waals surface area contributed by atoms with E-state index in [1.54, 1.807) is 11.9 Å². The molecule has 1 amide bonds. The van der Waals surface area contributed by atoms with E-state index in [9.17, 15) is 4.79 Å². The molecule has 0 spiro atoms. The summed E-state index contributed by atoms with van der Waals surface area (Å²) in [6.07, 6.45) is 3.12. The van der Waals surface area contributed by atoms with Crippen LogP contribution in [0.4, 0.5) is 11.5 Å². The molecule has 5 heteroatoms. The molecule has 0 bridgehead atoms. The first-order chi connectivity index (χ1) is 7.63. The largest absolute Gasteiger partial charge is 0.299 e. The van der Waals surface area contributed by atoms with E-state index in [4.69, 9.17) is 6.57 Å². The van der Waals surface area contributed by atoms with Gasteiger partial charge in [-0.05, 0) is 24.5 Å². The lowest BCUT2D eigenvalue weighted by Gasteiger charge is -2.17. The predicted octanol–water partition coefficient (Wildman–Crippen LogP) is 2.34. The molecule has 1 aliphatic rings. The number of pyridine rings is 1. The molecule has 1 unspecified atom stereocenters. The summed E-state index contributed by atoms with van der Waals surface area (Å²) < 4.78 is -0.00631. The lowest BCUT2D eigenvalue weighted by molar-refractivity contribution is -0.117. The maximum atomic E-state index is 11.9. The maximum absolute atomic E-state index is 11.9. The minimum atomic E-state index is -0.00631. The Hall–Kier alpha value is -1.16. The molecule has 0 aromatic carbocycles. The van der Waals surface area contributed by atoms with E-state index in [0.29, 0.717) is 11.5 Å². The van der Waals surface area contributed by atoms with Gasteiger partial charge in [-0.25, -0.2) is 4.85 Å². The van der Waals surface area contributed by atoms with Gasteiger partial charge in [-0.3, -0.25) is 14.7 Å². The number of fused-ring (bicyclic) bond motifs is 1. The summed E-state index contributed by atoms with van der Waals surface area (Å²) in [4.78, 5) is 21.0. The van der Waals surface area contributed by atoms with Crippen molar-refractivity contribution in [1.29, 1.82) is 0 Å². The molecule has 1 atom stereocenters. The van der Waals surface area contributed by atoms with Gasteiger partial charge in [0.25, 0.3) is 0 Å². The fourth-order valence-electron chi connectivity index (χ4n) is 1.76. The molecular weight excluding hydrogens is 317 g/mol. The molecule has 0 N–H and O–H groups in total. The predicted molar refractivity (Wildman–Crippen MR) is 70.0 cm³/mol. The summed E-state index contributed by atoms with van der Waals surface area (Å²) in [6, 6.07) is 1.83. The molecule has 0 fully saturated rings. The average Bonchev–Trinajstić information content (AvgIpc) is 2.42. The highest BCUT2D eigenvalue weighted by atomic mass is 127. The Kier molecular flexibility index (Phi) is 3.10. The zero-order valence-electron chi connectivity index (χ0n) is 8.77. The zero-order valence-corrected chi connectivity index (χ0v) is 10.9. The third kappa shape index (κ3) is 1.89. The van der Waals surface area contributed by atoms with Gasteiger partial charge >= 0.3 is 0 Å². The summed E-state index contributed by atoms with van der Waals surface area (Å²) in [5.41, 5.74) is 1.52. The normalized spacial score (nSPS) is 19.9. The number of carbonyl (C=O) groups excluding carboxylic acids is 1. The van der Waals surface area contributed by atoms with Crippen LogP contribution in [0.5, 0.6) is 0 Å². The van der Waals surface area contributed by atoms with E-state index in [0.717, 1.165) is 18.4 Å². The number of rotatable bonds is 0. The van der Waals surface area contributed by atoms with Gasteiger partial charge in [0.15, 0.2) is 0 Å². The number of carbonyl (C=O) groups is 1. The molecule has 16 heavy (non-hydrogen) atoms. The second kappa shape index (κ2) is 4.37. The van der Waals surface area contributed by atoms with Crippen molar-refractivity contribution in [2.45, 2.75) is 16.8 Å². The van der Waals surface area contributed by atoms with Crippen molar-refractivity contribution in [3.05, 3.63) is 29.2 Å². The number of anilines is 1. The third-order valence-corrected chi connectivity index (χ3v) is 3.80. The fourth-order valence-corrected chi connectivity index (χ4v) is 2.49. The fraction of sp³-hybridized carbons (Fsp3) is 0.364. The van der Waals surface area contributed by atoms with Gasteiger partial charge < -0.3 is 0 Å². The Bertz CT molecular complexity index is 481. The van der Waals surface area contributed by atoms with Crippen LogP contribution in [0.15, 0.2) is 12.3 Å². The van der Waals surface area contributed by atoms with Crippen LogP contribution in [0.3, 0.4) is 0 Å². The van der Waals surface area contributed by atoms with E-state index in [1.807, 2.05) is 6.07 Å². The number of hydrogen-bond acceptors (Lipinski definition) is 2. The van der Waals surface area contributed by atoms with Gasteiger partial charge in [0, 0.05) is 13.2 Å². The molecule has 82 valence electrons. The van der Waals surface area contributed by atoms with E-state index >= 15 is 0 Å². The Morgan fingerprint density at radius 2 is 2.44 bits per heavy atom. The van der Waals surface area contributed by atoms with Crippen LogP contribution in [0.1, 0.15) is 12.0 Å². The topological polar surface area (TPSA) is 37.6 Å². The second-order valence-corrected chi connectivity index (χ2v) is 5.20. The quantitative estimate of drug-likeness (QED) is 0.417. The Morgan fingerprint density at radius 1 is 1.69 bits per heavy atom. The highest BCUT2D eigenvalue weighted by Gasteiger charge is 2.26. The highest BCUT2D eigenvalue weighted by molar-refractivity contribution is 14.1. The van der Waals surface area contributed by atoms with Crippen LogP contribution in [-0.4, -0.2) is 21.9 Å². The maximum Gasteiger partial charge on any atom is 0.240 e. The van der Waals surface area contributed by atoms with Gasteiger partial charge in [0.1, 0.15) is 5.82 Å². The van der Waals surface area contributed by atoms with Crippen molar-refractivity contribution < 1.29 is 4.79 Å². The Morgan fingerprint density at radius 3 is 3.12 bits per heavy atom. The number of hydrogen-bond donors (Lipinski definition) is 0. The molecule has 2 rings (SSSR count). The van der Waals surface area contributed by atoms with E-state index in [2.05, 4.69) is 32.4 Å². The Labute approximate surface area is 108 Å². The lowest BCUT2D eigenvalue weighted by atomic mass is 10.1. The standard InChI is InChI=1S/C11H10IN3O/c1-13-8-5-7-3-4-9(12)11(16)15(2)10(7)14-6-8/h5-6,9H,3-4H2,2H3. The van der Waals surface area contributed by atoms with Crippen molar-refractivity contribution >= 4 is 40.0 Å². The van der Waals surface area contributed by atoms with Crippen molar-refractivity contribution in [2.75, 3.05) is 11.9 Å². The Balaban J connectivity index is 2.48. The van der Waals surface area contributed by atoms with E-state index in [1.165, 1.54) is 6.20 Å². The summed E-state index contributed by atoms with van der Waals surface area (Å²) in [6.45, 7) is 6.95. The van der Waals surface area contributed by atoms with Gasteiger partial charge in [-0.1, -0.05) is 22.6 Å². The van der Waals surface area contributed by atoms with Crippen LogP contribution in [0, 0.1) is 6.57 Å². The first-order valence-corrected chi connectivity index (χ1v) is 6.16. The van der Waals surface area contributed by atoms with Crippen molar-refractivity contribution in [1.82, 2.24) is 4.98 Å². The minimum absolute atomic E-state index is 0.00631. The molecule has 2 heterocycles. The zero-order chi connectivity index (χ0) is 11.7. The molecule has 1 aromatic rings. The third-order valence-electron chi connectivity index (χ3n) is 2.64.